The van der Waals surface area contributed by atoms with E-state index in [9.17, 15) is 9.59 Å². The fraction of sp³-hybridized carbons (Fsp3) is 0.391. The SMILES string of the molecule is CCOC(=O)c1ccccc1COc1ccc(CC(C)(C)C(=O)OCC)cc1. The van der Waals surface area contributed by atoms with Crippen LogP contribution in [0.5, 0.6) is 5.75 Å². The number of hydrogen-bond donors (Lipinski definition) is 0. The van der Waals surface area contributed by atoms with Crippen LogP contribution in [0.15, 0.2) is 48.5 Å². The van der Waals surface area contributed by atoms with Crippen LogP contribution in [0.2, 0.25) is 0 Å². The molecule has 0 unspecified atom stereocenters. The van der Waals surface area contributed by atoms with E-state index in [1.54, 1.807) is 26.0 Å². The zero-order valence-corrected chi connectivity index (χ0v) is 17.0. The smallest absolute Gasteiger partial charge is 0.338 e. The number of carbonyl (C=O) groups excluding carboxylic acids is 2. The highest BCUT2D eigenvalue weighted by molar-refractivity contribution is 5.91. The van der Waals surface area contributed by atoms with Crippen LogP contribution in [-0.4, -0.2) is 25.2 Å². The van der Waals surface area contributed by atoms with Gasteiger partial charge in [-0.05, 0) is 57.9 Å². The van der Waals surface area contributed by atoms with Crippen molar-refractivity contribution in [2.45, 2.75) is 40.7 Å². The lowest BCUT2D eigenvalue weighted by atomic mass is 9.86. The Hall–Kier alpha value is -2.82. The number of rotatable bonds is 9. The van der Waals surface area contributed by atoms with Gasteiger partial charge in [-0.3, -0.25) is 4.79 Å². The van der Waals surface area contributed by atoms with Crippen molar-refractivity contribution in [3.05, 3.63) is 65.2 Å². The molecule has 0 amide bonds. The molecule has 0 atom stereocenters. The summed E-state index contributed by atoms with van der Waals surface area (Å²) in [6.07, 6.45) is 0.581. The summed E-state index contributed by atoms with van der Waals surface area (Å²) in [5.74, 6) is 0.139. The van der Waals surface area contributed by atoms with Crippen molar-refractivity contribution in [1.29, 1.82) is 0 Å². The van der Waals surface area contributed by atoms with Gasteiger partial charge in [-0.15, -0.1) is 0 Å². The first-order chi connectivity index (χ1) is 13.4. The third kappa shape index (κ3) is 5.84. The van der Waals surface area contributed by atoms with Crippen molar-refractivity contribution < 1.29 is 23.8 Å². The average molecular weight is 384 g/mol. The highest BCUT2D eigenvalue weighted by atomic mass is 16.5. The molecule has 0 N–H and O–H groups in total. The van der Waals surface area contributed by atoms with Crippen LogP contribution in [0.1, 0.15) is 49.2 Å². The molecular weight excluding hydrogens is 356 g/mol. The normalized spacial score (nSPS) is 11.0. The molecule has 5 heteroatoms. The molecule has 5 nitrogen and oxygen atoms in total. The summed E-state index contributed by atoms with van der Waals surface area (Å²) in [6, 6.07) is 14.9. The van der Waals surface area contributed by atoms with E-state index >= 15 is 0 Å². The number of hydrogen-bond acceptors (Lipinski definition) is 5. The Balaban J connectivity index is 2.00. The molecule has 0 spiro atoms. The molecule has 0 aliphatic rings. The standard InChI is InChI=1S/C23H28O5/c1-5-26-21(24)20-10-8-7-9-18(20)16-28-19-13-11-17(12-14-19)15-23(3,4)22(25)27-6-2/h7-14H,5-6,15-16H2,1-4H3. The highest BCUT2D eigenvalue weighted by Crippen LogP contribution is 2.25. The molecule has 0 aliphatic heterocycles. The molecule has 2 rings (SSSR count). The number of benzene rings is 2. The summed E-state index contributed by atoms with van der Waals surface area (Å²) in [6.45, 7) is 8.31. The lowest BCUT2D eigenvalue weighted by Crippen LogP contribution is -2.28. The van der Waals surface area contributed by atoms with E-state index < -0.39 is 5.41 Å². The molecule has 0 saturated carbocycles. The molecule has 2 aromatic rings. The first-order valence-electron chi connectivity index (χ1n) is 9.51. The van der Waals surface area contributed by atoms with Gasteiger partial charge >= 0.3 is 11.9 Å². The van der Waals surface area contributed by atoms with Crippen LogP contribution in [0.3, 0.4) is 0 Å². The molecule has 0 fully saturated rings. The molecule has 0 saturated heterocycles. The highest BCUT2D eigenvalue weighted by Gasteiger charge is 2.29. The minimum absolute atomic E-state index is 0.203. The number of carbonyl (C=O) groups is 2. The summed E-state index contributed by atoms with van der Waals surface area (Å²) >= 11 is 0. The molecule has 0 aliphatic carbocycles. The maximum atomic E-state index is 12.0. The quantitative estimate of drug-likeness (QED) is 0.593. The Morgan fingerprint density at radius 3 is 2.18 bits per heavy atom. The Kier molecular flexibility index (Phi) is 7.61. The molecule has 150 valence electrons. The summed E-state index contributed by atoms with van der Waals surface area (Å²) in [5.41, 5.74) is 1.72. The Labute approximate surface area is 166 Å². The van der Waals surface area contributed by atoms with Gasteiger partial charge in [0, 0.05) is 5.56 Å². The minimum Gasteiger partial charge on any atom is -0.489 e. The number of ether oxygens (including phenoxy) is 3. The van der Waals surface area contributed by atoms with Crippen molar-refractivity contribution >= 4 is 11.9 Å². The van der Waals surface area contributed by atoms with E-state index in [0.29, 0.717) is 30.9 Å². The van der Waals surface area contributed by atoms with E-state index in [-0.39, 0.29) is 18.5 Å². The zero-order valence-electron chi connectivity index (χ0n) is 17.0. The van der Waals surface area contributed by atoms with Crippen LogP contribution in [-0.2, 0) is 27.3 Å². The van der Waals surface area contributed by atoms with Gasteiger partial charge in [0.2, 0.25) is 0 Å². The van der Waals surface area contributed by atoms with E-state index in [0.717, 1.165) is 11.1 Å². The minimum atomic E-state index is -0.586. The van der Waals surface area contributed by atoms with Crippen LogP contribution in [0.25, 0.3) is 0 Å². The molecule has 0 bridgehead atoms. The fourth-order valence-corrected chi connectivity index (χ4v) is 2.83. The maximum Gasteiger partial charge on any atom is 0.338 e. The second-order valence-electron chi connectivity index (χ2n) is 7.09. The van der Waals surface area contributed by atoms with E-state index in [1.807, 2.05) is 50.2 Å². The van der Waals surface area contributed by atoms with Crippen LogP contribution in [0, 0.1) is 5.41 Å². The van der Waals surface area contributed by atoms with Crippen molar-refractivity contribution in [1.82, 2.24) is 0 Å². The first-order valence-corrected chi connectivity index (χ1v) is 9.51. The molecule has 2 aromatic carbocycles. The van der Waals surface area contributed by atoms with E-state index in [4.69, 9.17) is 14.2 Å². The lowest BCUT2D eigenvalue weighted by molar-refractivity contribution is -0.153. The van der Waals surface area contributed by atoms with Crippen molar-refractivity contribution in [3.63, 3.8) is 0 Å². The summed E-state index contributed by atoms with van der Waals surface area (Å²) in [7, 11) is 0. The van der Waals surface area contributed by atoms with Crippen molar-refractivity contribution in [2.75, 3.05) is 13.2 Å². The van der Waals surface area contributed by atoms with E-state index in [1.165, 1.54) is 0 Å². The predicted octanol–water partition coefficient (Wildman–Crippen LogP) is 4.57. The summed E-state index contributed by atoms with van der Waals surface area (Å²) in [5, 5.41) is 0. The van der Waals surface area contributed by atoms with Gasteiger partial charge in [-0.2, -0.15) is 0 Å². The van der Waals surface area contributed by atoms with Gasteiger partial charge in [0.25, 0.3) is 0 Å². The molecule has 0 radical (unpaired) electrons. The Bertz CT molecular complexity index is 793. The predicted molar refractivity (Wildman–Crippen MR) is 107 cm³/mol. The largest absolute Gasteiger partial charge is 0.489 e. The van der Waals surface area contributed by atoms with Crippen molar-refractivity contribution in [2.24, 2.45) is 5.41 Å². The lowest BCUT2D eigenvalue weighted by Gasteiger charge is -2.22. The molecular formula is C23H28O5. The van der Waals surface area contributed by atoms with Gasteiger partial charge in [-0.25, -0.2) is 4.79 Å². The maximum absolute atomic E-state index is 12.0. The summed E-state index contributed by atoms with van der Waals surface area (Å²) < 4.78 is 16.1. The topological polar surface area (TPSA) is 61.8 Å². The van der Waals surface area contributed by atoms with Crippen LogP contribution in [0.4, 0.5) is 0 Å². The van der Waals surface area contributed by atoms with Crippen LogP contribution < -0.4 is 4.74 Å². The average Bonchev–Trinajstić information content (AvgIpc) is 2.68. The molecule has 28 heavy (non-hydrogen) atoms. The second-order valence-corrected chi connectivity index (χ2v) is 7.09. The Morgan fingerprint density at radius 2 is 1.54 bits per heavy atom. The third-order valence-electron chi connectivity index (χ3n) is 4.30. The van der Waals surface area contributed by atoms with Gasteiger partial charge in [-0.1, -0.05) is 30.3 Å². The van der Waals surface area contributed by atoms with E-state index in [2.05, 4.69) is 0 Å². The monoisotopic (exact) mass is 384 g/mol. The van der Waals surface area contributed by atoms with Crippen LogP contribution >= 0.6 is 0 Å². The molecule has 0 aromatic heterocycles. The van der Waals surface area contributed by atoms with Gasteiger partial charge in [0.15, 0.2) is 0 Å². The third-order valence-corrected chi connectivity index (χ3v) is 4.30. The fourth-order valence-electron chi connectivity index (χ4n) is 2.83. The number of esters is 2. The van der Waals surface area contributed by atoms with Gasteiger partial charge in [0.05, 0.1) is 24.2 Å². The zero-order chi connectivity index (χ0) is 20.6. The van der Waals surface area contributed by atoms with Gasteiger partial charge in [0.1, 0.15) is 12.4 Å². The second kappa shape index (κ2) is 9.93. The Morgan fingerprint density at radius 1 is 0.893 bits per heavy atom. The first kappa shape index (κ1) is 21.5. The van der Waals surface area contributed by atoms with Gasteiger partial charge < -0.3 is 14.2 Å². The molecule has 0 heterocycles. The summed E-state index contributed by atoms with van der Waals surface area (Å²) in [4.78, 5) is 24.1. The van der Waals surface area contributed by atoms with Crippen molar-refractivity contribution in [3.8, 4) is 5.75 Å².